The predicted molar refractivity (Wildman–Crippen MR) is 115 cm³/mol. The van der Waals surface area contributed by atoms with Crippen LogP contribution in [0.3, 0.4) is 0 Å². The topological polar surface area (TPSA) is 86.7 Å². The average molecular weight is 435 g/mol. The summed E-state index contributed by atoms with van der Waals surface area (Å²) >= 11 is 0. The average Bonchev–Trinajstić information content (AvgIpc) is 2.66. The minimum Gasteiger partial charge on any atom is -0.316 e. The molecule has 0 amide bonds. The van der Waals surface area contributed by atoms with E-state index in [4.69, 9.17) is 0 Å². The van der Waals surface area contributed by atoms with Crippen LogP contribution in [0.5, 0.6) is 0 Å². The van der Waals surface area contributed by atoms with Crippen LogP contribution in [0.4, 0.5) is 0 Å². The first-order valence-electron chi connectivity index (χ1n) is 11.4. The van der Waals surface area contributed by atoms with Gasteiger partial charge in [0.15, 0.2) is 0 Å². The van der Waals surface area contributed by atoms with Crippen LogP contribution in [0.25, 0.3) is 0 Å². The second kappa shape index (κ2) is 15.7. The molecule has 0 aliphatic carbocycles. The van der Waals surface area contributed by atoms with Gasteiger partial charge in [0.05, 0.1) is 5.41 Å². The monoisotopic (exact) mass is 434 g/mol. The first-order chi connectivity index (χ1) is 13.7. The number of unbranched alkanes of at least 4 members (excludes halogenated alkanes) is 10. The summed E-state index contributed by atoms with van der Waals surface area (Å²) in [6, 6.07) is 0. The summed E-state index contributed by atoms with van der Waals surface area (Å²) in [5, 5.41) is 0. The van der Waals surface area contributed by atoms with Crippen molar-refractivity contribution in [2.75, 3.05) is 0 Å². The van der Waals surface area contributed by atoms with Crippen LogP contribution in [0.15, 0.2) is 0 Å². The Hall–Kier alpha value is -1.11. The van der Waals surface area contributed by atoms with E-state index in [2.05, 4.69) is 22.2 Å². The number of hydrogen-bond donors (Lipinski definition) is 0. The lowest BCUT2D eigenvalue weighted by Crippen LogP contribution is -2.33. The molecule has 0 N–H and O–H groups in total. The third kappa shape index (κ3) is 13.7. The molecule has 0 spiro atoms. The molecule has 0 fully saturated rings. The van der Waals surface area contributed by atoms with Gasteiger partial charge in [-0.1, -0.05) is 97.8 Å². The van der Waals surface area contributed by atoms with Crippen molar-refractivity contribution >= 4 is 22.3 Å². The van der Waals surface area contributed by atoms with E-state index in [0.29, 0.717) is 12.8 Å². The summed E-state index contributed by atoms with van der Waals surface area (Å²) in [7, 11) is -4.66. The van der Waals surface area contributed by atoms with Crippen LogP contribution in [0, 0.1) is 5.41 Å². The minimum atomic E-state index is -4.66. The van der Waals surface area contributed by atoms with Gasteiger partial charge in [0.2, 0.25) is 0 Å². The predicted octanol–water partition coefficient (Wildman–Crippen LogP) is 6.24. The first-order valence-corrected chi connectivity index (χ1v) is 12.7. The quantitative estimate of drug-likeness (QED) is 0.237. The van der Waals surface area contributed by atoms with Gasteiger partial charge in [0, 0.05) is 6.42 Å². The van der Waals surface area contributed by atoms with Crippen LogP contribution >= 0.6 is 0 Å². The summed E-state index contributed by atoms with van der Waals surface area (Å²) in [6.45, 7) is 7.57. The maximum absolute atomic E-state index is 12.7. The summed E-state index contributed by atoms with van der Waals surface area (Å²) in [4.78, 5) is 24.0. The molecule has 0 saturated heterocycles. The van der Waals surface area contributed by atoms with Gasteiger partial charge in [-0.25, -0.2) is 0 Å². The number of carbonyl (C=O) groups excluding carboxylic acids is 2. The zero-order valence-corrected chi connectivity index (χ0v) is 19.8. The molecule has 0 aliphatic heterocycles. The van der Waals surface area contributed by atoms with Crippen LogP contribution in [0.2, 0.25) is 0 Å². The Bertz CT molecular complexity index is 540. The van der Waals surface area contributed by atoms with Crippen LogP contribution in [-0.4, -0.2) is 20.4 Å². The molecule has 0 aromatic carbocycles. The van der Waals surface area contributed by atoms with E-state index in [-0.39, 0.29) is 6.42 Å². The minimum absolute atomic E-state index is 0.108. The highest BCUT2D eigenvalue weighted by Crippen LogP contribution is 2.34. The van der Waals surface area contributed by atoms with Crippen molar-refractivity contribution in [1.82, 2.24) is 0 Å². The molecule has 0 radical (unpaired) electrons. The van der Waals surface area contributed by atoms with E-state index in [9.17, 15) is 18.0 Å². The molecule has 7 heteroatoms. The molecule has 6 nitrogen and oxygen atoms in total. The van der Waals surface area contributed by atoms with E-state index in [0.717, 1.165) is 38.5 Å². The summed E-state index contributed by atoms with van der Waals surface area (Å²) in [5.74, 6) is -1.75. The van der Waals surface area contributed by atoms with Crippen molar-refractivity contribution < 1.29 is 26.4 Å². The lowest BCUT2D eigenvalue weighted by Gasteiger charge is -2.26. The van der Waals surface area contributed by atoms with Gasteiger partial charge in [-0.15, -0.1) is 8.42 Å². The molecule has 0 rings (SSSR count). The van der Waals surface area contributed by atoms with Gasteiger partial charge in [0.25, 0.3) is 0 Å². The fourth-order valence-corrected chi connectivity index (χ4v) is 4.07. The van der Waals surface area contributed by atoms with Gasteiger partial charge < -0.3 is 8.37 Å². The molecule has 0 heterocycles. The summed E-state index contributed by atoms with van der Waals surface area (Å²) in [6.07, 6.45) is 14.1. The number of carbonyl (C=O) groups is 2. The molecular weight excluding hydrogens is 392 g/mol. The summed E-state index contributed by atoms with van der Waals surface area (Å²) < 4.78 is 32.7. The van der Waals surface area contributed by atoms with E-state index in [1.165, 1.54) is 45.4 Å². The Morgan fingerprint density at radius 3 is 1.52 bits per heavy atom. The molecule has 29 heavy (non-hydrogen) atoms. The van der Waals surface area contributed by atoms with Gasteiger partial charge >= 0.3 is 22.3 Å². The van der Waals surface area contributed by atoms with Crippen molar-refractivity contribution in [3.63, 3.8) is 0 Å². The van der Waals surface area contributed by atoms with E-state index >= 15 is 0 Å². The number of hydrogen-bond acceptors (Lipinski definition) is 6. The maximum atomic E-state index is 12.7. The highest BCUT2D eigenvalue weighted by Gasteiger charge is 2.38. The number of rotatable bonds is 18. The molecular formula is C22H42O6S. The maximum Gasteiger partial charge on any atom is 0.506 e. The molecule has 172 valence electrons. The zero-order chi connectivity index (χ0) is 22.2. The first kappa shape index (κ1) is 27.9. The fourth-order valence-electron chi connectivity index (χ4n) is 3.30. The Balaban J connectivity index is 4.80. The lowest BCUT2D eigenvalue weighted by molar-refractivity contribution is -0.147. The SMILES string of the molecule is CCCCCCCCC(C)(CCCCCCCC)C(=O)OS(=O)(=O)OC(=O)CC. The van der Waals surface area contributed by atoms with Crippen molar-refractivity contribution in [3.05, 3.63) is 0 Å². The van der Waals surface area contributed by atoms with Crippen LogP contribution in [0.1, 0.15) is 124 Å². The molecule has 0 aliphatic rings. The zero-order valence-electron chi connectivity index (χ0n) is 19.0. The second-order valence-corrected chi connectivity index (χ2v) is 9.33. The fraction of sp³-hybridized carbons (Fsp3) is 0.909. The van der Waals surface area contributed by atoms with E-state index in [1.807, 2.05) is 0 Å². The molecule has 0 bridgehead atoms. The van der Waals surface area contributed by atoms with Crippen molar-refractivity contribution in [3.8, 4) is 0 Å². The Kier molecular flexibility index (Phi) is 15.1. The van der Waals surface area contributed by atoms with Crippen molar-refractivity contribution in [2.45, 2.75) is 124 Å². The smallest absolute Gasteiger partial charge is 0.316 e. The molecule has 0 atom stereocenters. The lowest BCUT2D eigenvalue weighted by atomic mass is 9.80. The van der Waals surface area contributed by atoms with E-state index < -0.39 is 27.8 Å². The normalized spacial score (nSPS) is 12.0. The summed E-state index contributed by atoms with van der Waals surface area (Å²) in [5.41, 5.74) is -0.888. The Morgan fingerprint density at radius 2 is 1.10 bits per heavy atom. The van der Waals surface area contributed by atoms with Gasteiger partial charge in [-0.2, -0.15) is 0 Å². The van der Waals surface area contributed by atoms with Crippen molar-refractivity contribution in [2.24, 2.45) is 5.41 Å². The standard InChI is InChI=1S/C22H42O6S/c1-5-8-10-12-14-16-18-22(4,19-17-15-13-11-9-6-2)21(24)28-29(25,26)27-20(23)7-3/h5-19H2,1-4H3. The Labute approximate surface area is 178 Å². The highest BCUT2D eigenvalue weighted by molar-refractivity contribution is 7.82. The van der Waals surface area contributed by atoms with Crippen LogP contribution < -0.4 is 0 Å². The van der Waals surface area contributed by atoms with Crippen molar-refractivity contribution in [1.29, 1.82) is 0 Å². The van der Waals surface area contributed by atoms with Gasteiger partial charge in [-0.3, -0.25) is 9.59 Å². The largest absolute Gasteiger partial charge is 0.506 e. The molecule has 0 aromatic heterocycles. The van der Waals surface area contributed by atoms with Gasteiger partial charge in [0.1, 0.15) is 0 Å². The second-order valence-electron chi connectivity index (χ2n) is 8.18. The molecule has 0 unspecified atom stereocenters. The van der Waals surface area contributed by atoms with E-state index in [1.54, 1.807) is 6.92 Å². The Morgan fingerprint density at radius 1 is 0.690 bits per heavy atom. The third-order valence-electron chi connectivity index (χ3n) is 5.32. The van der Waals surface area contributed by atoms with Crippen LogP contribution in [-0.2, 0) is 28.4 Å². The third-order valence-corrected chi connectivity index (χ3v) is 6.06. The molecule has 0 aromatic rings. The van der Waals surface area contributed by atoms with Gasteiger partial charge in [-0.05, 0) is 19.8 Å². The highest BCUT2D eigenvalue weighted by atomic mass is 32.3. The molecule has 0 saturated carbocycles.